The van der Waals surface area contributed by atoms with Gasteiger partial charge in [-0.1, -0.05) is 76.2 Å². The van der Waals surface area contributed by atoms with E-state index in [1.54, 1.807) is 14.2 Å². The van der Waals surface area contributed by atoms with E-state index in [-0.39, 0.29) is 28.5 Å². The maximum atomic E-state index is 6.17. The van der Waals surface area contributed by atoms with Crippen molar-refractivity contribution in [2.24, 2.45) is 10.8 Å². The van der Waals surface area contributed by atoms with Crippen molar-refractivity contribution in [3.8, 4) is 23.0 Å². The number of hydrogen-bond acceptors (Lipinski definition) is 6. The van der Waals surface area contributed by atoms with Crippen molar-refractivity contribution in [2.75, 3.05) is 40.6 Å². The summed E-state index contributed by atoms with van der Waals surface area (Å²) < 4.78 is 34.8. The molecule has 236 valence electrons. The number of hydrogen-bond donors (Lipinski definition) is 0. The fourth-order valence-corrected chi connectivity index (χ4v) is 6.53. The third-order valence-electron chi connectivity index (χ3n) is 9.36. The van der Waals surface area contributed by atoms with E-state index in [1.807, 2.05) is 48.5 Å². The van der Waals surface area contributed by atoms with E-state index in [9.17, 15) is 0 Å². The van der Waals surface area contributed by atoms with E-state index in [0.29, 0.717) is 26.4 Å². The van der Waals surface area contributed by atoms with Gasteiger partial charge in [0, 0.05) is 30.5 Å². The highest BCUT2D eigenvalue weighted by Crippen LogP contribution is 2.47. The number of methoxy groups -OCH3 is 2. The molecule has 0 saturated carbocycles. The van der Waals surface area contributed by atoms with E-state index in [4.69, 9.17) is 28.4 Å². The van der Waals surface area contributed by atoms with Crippen molar-refractivity contribution in [3.05, 3.63) is 119 Å². The Hall–Kier alpha value is -3.68. The second-order valence-electron chi connectivity index (χ2n) is 13.6. The average Bonchev–Trinajstić information content (AvgIpc) is 3.03. The fourth-order valence-electron chi connectivity index (χ4n) is 6.53. The third-order valence-corrected chi connectivity index (χ3v) is 9.36. The summed E-state index contributed by atoms with van der Waals surface area (Å²) in [6.07, 6.45) is 0.0944. The number of benzene rings is 4. The Morgan fingerprint density at radius 3 is 1.13 bits per heavy atom. The molecule has 2 aliphatic heterocycles. The lowest BCUT2D eigenvalue weighted by Crippen LogP contribution is -2.46. The van der Waals surface area contributed by atoms with Crippen LogP contribution in [0.3, 0.4) is 0 Å². The lowest BCUT2D eigenvalue weighted by molar-refractivity contribution is -0.203. The van der Waals surface area contributed by atoms with Crippen molar-refractivity contribution < 1.29 is 28.4 Å². The lowest BCUT2D eigenvalue weighted by atomic mass is 9.77. The highest BCUT2D eigenvalue weighted by atomic mass is 16.5. The molecule has 0 aromatic heterocycles. The van der Waals surface area contributed by atoms with Crippen LogP contribution in [0.4, 0.5) is 0 Å². The molecular weight excluding hydrogens is 564 g/mol. The maximum absolute atomic E-state index is 6.17. The zero-order valence-electron chi connectivity index (χ0n) is 27.2. The van der Waals surface area contributed by atoms with Crippen molar-refractivity contribution in [1.82, 2.24) is 0 Å². The van der Waals surface area contributed by atoms with Crippen LogP contribution in [0.5, 0.6) is 23.0 Å². The van der Waals surface area contributed by atoms with Gasteiger partial charge in [-0.3, -0.25) is 0 Å². The Morgan fingerprint density at radius 1 is 0.556 bits per heavy atom. The number of rotatable bonds is 12. The first-order chi connectivity index (χ1) is 21.6. The van der Waals surface area contributed by atoms with Gasteiger partial charge in [0.1, 0.15) is 23.0 Å². The van der Waals surface area contributed by atoms with Crippen molar-refractivity contribution in [3.63, 3.8) is 0 Å². The van der Waals surface area contributed by atoms with Crippen LogP contribution in [-0.2, 0) is 24.4 Å². The second-order valence-corrected chi connectivity index (χ2v) is 13.6. The molecule has 2 aliphatic rings. The SMILES string of the molecule is COCC1(C)COC1c1ccc(Oc2ccc(C(C)(C)c3ccc(Oc4ccc(C5OCC5(C)COC)cc4)cc3)cc2)cc1. The summed E-state index contributed by atoms with van der Waals surface area (Å²) in [5.41, 5.74) is 4.51. The van der Waals surface area contributed by atoms with Crippen molar-refractivity contribution >= 4 is 0 Å². The molecule has 0 spiro atoms. The largest absolute Gasteiger partial charge is 0.457 e. The topological polar surface area (TPSA) is 55.4 Å². The molecule has 4 aromatic carbocycles. The van der Waals surface area contributed by atoms with Gasteiger partial charge in [-0.15, -0.1) is 0 Å². The summed E-state index contributed by atoms with van der Waals surface area (Å²) in [5.74, 6) is 3.19. The monoisotopic (exact) mass is 608 g/mol. The van der Waals surface area contributed by atoms with Crippen LogP contribution in [0, 0.1) is 10.8 Å². The zero-order valence-corrected chi connectivity index (χ0v) is 27.2. The third kappa shape index (κ3) is 6.38. The average molecular weight is 609 g/mol. The Morgan fingerprint density at radius 2 is 0.867 bits per heavy atom. The molecule has 2 heterocycles. The van der Waals surface area contributed by atoms with Crippen LogP contribution < -0.4 is 9.47 Å². The molecule has 6 rings (SSSR count). The van der Waals surface area contributed by atoms with Gasteiger partial charge in [0.2, 0.25) is 0 Å². The molecule has 6 heteroatoms. The first-order valence-corrected chi connectivity index (χ1v) is 15.6. The van der Waals surface area contributed by atoms with E-state index in [1.165, 1.54) is 11.1 Å². The standard InChI is InChI=1S/C39H44O6/c1-37(2,29-11-19-33(20-12-29)44-31-15-7-27(8-16-31)35-38(3,23-40-5)25-42-35)30-13-21-34(22-14-30)45-32-17-9-28(10-18-32)36-39(4,24-41-6)26-43-36/h7-22,35-36H,23-26H2,1-6H3. The summed E-state index contributed by atoms with van der Waals surface area (Å²) in [7, 11) is 3.48. The van der Waals surface area contributed by atoms with Crippen molar-refractivity contribution in [1.29, 1.82) is 0 Å². The minimum absolute atomic E-state index is 0.0123. The molecule has 4 unspecified atom stereocenters. The molecule has 2 fully saturated rings. The van der Waals surface area contributed by atoms with Crippen LogP contribution in [0.15, 0.2) is 97.1 Å². The minimum atomic E-state index is -0.199. The van der Waals surface area contributed by atoms with E-state index < -0.39 is 0 Å². The van der Waals surface area contributed by atoms with Gasteiger partial charge in [0.05, 0.1) is 38.6 Å². The highest BCUT2D eigenvalue weighted by Gasteiger charge is 2.46. The maximum Gasteiger partial charge on any atom is 0.127 e. The van der Waals surface area contributed by atoms with Crippen LogP contribution in [0.25, 0.3) is 0 Å². The predicted octanol–water partition coefficient (Wildman–Crippen LogP) is 9.05. The highest BCUT2D eigenvalue weighted by molar-refractivity contribution is 5.44. The lowest BCUT2D eigenvalue weighted by Gasteiger charge is -2.46. The Kier molecular flexibility index (Phi) is 8.77. The van der Waals surface area contributed by atoms with E-state index in [0.717, 1.165) is 34.1 Å². The van der Waals surface area contributed by atoms with Crippen molar-refractivity contribution in [2.45, 2.75) is 45.3 Å². The van der Waals surface area contributed by atoms with Gasteiger partial charge in [-0.25, -0.2) is 0 Å². The molecule has 0 amide bonds. The molecular formula is C39H44O6. The van der Waals surface area contributed by atoms with Crippen LogP contribution in [-0.4, -0.2) is 40.6 Å². The molecule has 0 bridgehead atoms. The first-order valence-electron chi connectivity index (χ1n) is 15.6. The Balaban J connectivity index is 1.05. The zero-order chi connectivity index (χ0) is 31.7. The molecule has 0 radical (unpaired) electrons. The summed E-state index contributed by atoms with van der Waals surface area (Å²) in [6.45, 7) is 11.6. The summed E-state index contributed by atoms with van der Waals surface area (Å²) >= 11 is 0. The quantitative estimate of drug-likeness (QED) is 0.160. The van der Waals surface area contributed by atoms with Gasteiger partial charge in [0.25, 0.3) is 0 Å². The molecule has 6 nitrogen and oxygen atoms in total. The normalized spacial score (nSPS) is 24.4. The second kappa shape index (κ2) is 12.6. The fraction of sp³-hybridized carbons (Fsp3) is 0.385. The van der Waals surface area contributed by atoms with Gasteiger partial charge in [-0.05, 0) is 70.8 Å². The summed E-state index contributed by atoms with van der Waals surface area (Å²) in [5, 5.41) is 0. The van der Waals surface area contributed by atoms with Gasteiger partial charge < -0.3 is 28.4 Å². The summed E-state index contributed by atoms with van der Waals surface area (Å²) in [6, 6.07) is 33.0. The number of ether oxygens (including phenoxy) is 6. The van der Waals surface area contributed by atoms with Crippen LogP contribution in [0.1, 0.15) is 62.2 Å². The smallest absolute Gasteiger partial charge is 0.127 e. The van der Waals surface area contributed by atoms with Crippen LogP contribution in [0.2, 0.25) is 0 Å². The molecule has 4 atom stereocenters. The van der Waals surface area contributed by atoms with E-state index >= 15 is 0 Å². The molecule has 0 aliphatic carbocycles. The molecule has 45 heavy (non-hydrogen) atoms. The Bertz CT molecular complexity index is 1440. The van der Waals surface area contributed by atoms with Gasteiger partial charge in [-0.2, -0.15) is 0 Å². The van der Waals surface area contributed by atoms with Gasteiger partial charge in [0.15, 0.2) is 0 Å². The first kappa shape index (κ1) is 31.3. The van der Waals surface area contributed by atoms with E-state index in [2.05, 4.69) is 76.2 Å². The molecule has 2 saturated heterocycles. The molecule has 4 aromatic rings. The van der Waals surface area contributed by atoms with Gasteiger partial charge >= 0.3 is 0 Å². The Labute approximate surface area is 267 Å². The summed E-state index contributed by atoms with van der Waals surface area (Å²) in [4.78, 5) is 0. The predicted molar refractivity (Wildman–Crippen MR) is 175 cm³/mol. The minimum Gasteiger partial charge on any atom is -0.457 e. The molecule has 0 N–H and O–H groups in total. The van der Waals surface area contributed by atoms with Crippen LogP contribution >= 0.6 is 0 Å².